The first-order valence-corrected chi connectivity index (χ1v) is 14.5. The lowest BCUT2D eigenvalue weighted by Gasteiger charge is -2.33. The maximum absolute atomic E-state index is 13.3. The quantitative estimate of drug-likeness (QED) is 0.333. The second kappa shape index (κ2) is 10.9. The summed E-state index contributed by atoms with van der Waals surface area (Å²) in [6.07, 6.45) is 11.9. The molecule has 2 N–H and O–H groups in total. The number of pyridine rings is 3. The minimum atomic E-state index is -0.258. The smallest absolute Gasteiger partial charge is 0.257 e. The molecule has 2 saturated heterocycles. The lowest BCUT2D eigenvalue weighted by Crippen LogP contribution is -2.44. The van der Waals surface area contributed by atoms with Crippen LogP contribution < -0.4 is 10.2 Å². The Morgan fingerprint density at radius 2 is 1.74 bits per heavy atom. The van der Waals surface area contributed by atoms with E-state index >= 15 is 0 Å². The Kier molecular flexibility index (Phi) is 6.79. The van der Waals surface area contributed by atoms with Gasteiger partial charge < -0.3 is 25.0 Å². The minimum Gasteiger partial charge on any atom is -0.354 e. The van der Waals surface area contributed by atoms with E-state index in [1.165, 1.54) is 0 Å². The van der Waals surface area contributed by atoms with Gasteiger partial charge in [-0.15, -0.1) is 0 Å². The molecule has 2 amide bonds. The van der Waals surface area contributed by atoms with Crippen molar-refractivity contribution >= 4 is 39.9 Å². The van der Waals surface area contributed by atoms with E-state index in [9.17, 15) is 9.59 Å². The number of rotatable bonds is 5. The molecule has 5 aromatic rings. The molecule has 0 atom stereocenters. The highest BCUT2D eigenvalue weighted by molar-refractivity contribution is 6.07. The summed E-state index contributed by atoms with van der Waals surface area (Å²) >= 11 is 0. The molecule has 0 bridgehead atoms. The number of carbonyl (C=O) groups excluding carboxylic acids is 2. The summed E-state index contributed by atoms with van der Waals surface area (Å²) in [5, 5.41) is 8.19. The molecule has 0 aromatic carbocycles. The van der Waals surface area contributed by atoms with Crippen LogP contribution in [-0.4, -0.2) is 92.5 Å². The Morgan fingerprint density at radius 1 is 0.905 bits per heavy atom. The molecule has 7 heterocycles. The van der Waals surface area contributed by atoms with Gasteiger partial charge in [0.15, 0.2) is 0 Å². The zero-order chi connectivity index (χ0) is 28.6. The number of anilines is 2. The van der Waals surface area contributed by atoms with Crippen molar-refractivity contribution in [1.29, 1.82) is 0 Å². The molecule has 2 aliphatic heterocycles. The summed E-state index contributed by atoms with van der Waals surface area (Å²) in [4.78, 5) is 45.2. The highest BCUT2D eigenvalue weighted by Crippen LogP contribution is 2.30. The summed E-state index contributed by atoms with van der Waals surface area (Å²) in [6.45, 7) is 5.44. The van der Waals surface area contributed by atoms with Gasteiger partial charge in [-0.3, -0.25) is 9.59 Å². The molecule has 0 spiro atoms. The summed E-state index contributed by atoms with van der Waals surface area (Å²) in [7, 11) is 2.12. The molecule has 2 aliphatic rings. The molecule has 0 saturated carbocycles. The molecule has 214 valence electrons. The average molecular weight is 564 g/mol. The van der Waals surface area contributed by atoms with Crippen molar-refractivity contribution in [2.75, 3.05) is 56.5 Å². The number of piperazine rings is 1. The number of aromatic nitrogens is 5. The Bertz CT molecular complexity index is 1760. The molecule has 2 fully saturated rings. The van der Waals surface area contributed by atoms with Crippen LogP contribution in [0.15, 0.2) is 61.3 Å². The van der Waals surface area contributed by atoms with Crippen molar-refractivity contribution < 1.29 is 9.59 Å². The zero-order valence-corrected chi connectivity index (χ0v) is 23.6. The van der Waals surface area contributed by atoms with Gasteiger partial charge in [0.05, 0.1) is 34.7 Å². The number of hydrogen-bond donors (Lipinski definition) is 2. The SMILES string of the molecule is CN1CCN(c2ccc(NC(=O)c3cnc4[nH]cc(-c5ccn6ncc(C(=O)N7CCCCC7)c6c5)c4c3)cn2)CC1. The maximum Gasteiger partial charge on any atom is 0.257 e. The topological polar surface area (TPSA) is 115 Å². The third-order valence-electron chi connectivity index (χ3n) is 8.33. The lowest BCUT2D eigenvalue weighted by molar-refractivity contribution is 0.0726. The molecule has 0 radical (unpaired) electrons. The van der Waals surface area contributed by atoms with Crippen LogP contribution in [0.5, 0.6) is 0 Å². The number of fused-ring (bicyclic) bond motifs is 2. The molecular formula is C31H33N9O2. The number of likely N-dealkylation sites (N-methyl/N-ethyl adjacent to an activating group) is 1. The second-order valence-electron chi connectivity index (χ2n) is 11.1. The fourth-order valence-electron chi connectivity index (χ4n) is 5.83. The first-order valence-electron chi connectivity index (χ1n) is 14.5. The van der Waals surface area contributed by atoms with Gasteiger partial charge in [-0.25, -0.2) is 14.5 Å². The van der Waals surface area contributed by atoms with E-state index in [4.69, 9.17) is 0 Å². The van der Waals surface area contributed by atoms with E-state index in [0.29, 0.717) is 22.5 Å². The number of aromatic amines is 1. The molecule has 11 nitrogen and oxygen atoms in total. The Balaban J connectivity index is 1.12. The van der Waals surface area contributed by atoms with Crippen LogP contribution in [0.3, 0.4) is 0 Å². The van der Waals surface area contributed by atoms with Crippen molar-refractivity contribution in [3.05, 3.63) is 72.4 Å². The Morgan fingerprint density at radius 3 is 2.52 bits per heavy atom. The average Bonchev–Trinajstić information content (AvgIpc) is 3.65. The van der Waals surface area contributed by atoms with Gasteiger partial charge in [0, 0.05) is 68.8 Å². The first-order chi connectivity index (χ1) is 20.5. The molecule has 0 unspecified atom stereocenters. The van der Waals surface area contributed by atoms with Gasteiger partial charge in [0.1, 0.15) is 11.5 Å². The van der Waals surface area contributed by atoms with E-state index in [1.54, 1.807) is 23.1 Å². The number of hydrogen-bond acceptors (Lipinski definition) is 7. The number of nitrogens with one attached hydrogen (secondary N) is 2. The monoisotopic (exact) mass is 563 g/mol. The summed E-state index contributed by atoms with van der Waals surface area (Å²) in [5.74, 6) is 0.677. The summed E-state index contributed by atoms with van der Waals surface area (Å²) in [5.41, 5.74) is 4.91. The van der Waals surface area contributed by atoms with Crippen molar-refractivity contribution in [3.63, 3.8) is 0 Å². The standard InChI is InChI=1S/C31H33N9O2/c1-37-11-13-38(14-12-37)28-6-5-23(18-32-28)36-30(41)22-15-24-25(19-34-29(24)33-17-22)21-7-10-40-27(16-21)26(20-35-40)31(42)39-8-3-2-4-9-39/h5-7,10,15-20H,2-4,8-9,11-14H2,1H3,(H,33,34)(H,36,41). The van der Waals surface area contributed by atoms with E-state index < -0.39 is 0 Å². The Labute approximate surface area is 243 Å². The van der Waals surface area contributed by atoms with Gasteiger partial charge in [-0.2, -0.15) is 5.10 Å². The highest BCUT2D eigenvalue weighted by atomic mass is 16.2. The van der Waals surface area contributed by atoms with Crippen LogP contribution in [-0.2, 0) is 0 Å². The van der Waals surface area contributed by atoms with Crippen LogP contribution in [0.1, 0.15) is 40.0 Å². The number of H-pyrrole nitrogens is 1. The fraction of sp³-hybridized carbons (Fsp3) is 0.323. The number of amides is 2. The van der Waals surface area contributed by atoms with Crippen LogP contribution in [0, 0.1) is 0 Å². The number of likely N-dealkylation sites (tertiary alicyclic amines) is 1. The van der Waals surface area contributed by atoms with Crippen molar-refractivity contribution in [2.24, 2.45) is 0 Å². The Hall–Kier alpha value is -4.77. The van der Waals surface area contributed by atoms with Crippen LogP contribution in [0.4, 0.5) is 11.5 Å². The number of carbonyl (C=O) groups is 2. The van der Waals surface area contributed by atoms with Crippen molar-refractivity contribution in [3.8, 4) is 11.1 Å². The number of nitrogens with zero attached hydrogens (tertiary/aromatic N) is 7. The van der Waals surface area contributed by atoms with Crippen LogP contribution >= 0.6 is 0 Å². The van der Waals surface area contributed by atoms with Gasteiger partial charge in [-0.1, -0.05) is 0 Å². The third kappa shape index (κ3) is 4.96. The van der Waals surface area contributed by atoms with Gasteiger partial charge in [0.25, 0.3) is 11.8 Å². The highest BCUT2D eigenvalue weighted by Gasteiger charge is 2.22. The first kappa shape index (κ1) is 26.1. The normalized spacial score (nSPS) is 16.3. The zero-order valence-electron chi connectivity index (χ0n) is 23.6. The molecule has 42 heavy (non-hydrogen) atoms. The molecule has 5 aromatic heterocycles. The minimum absolute atomic E-state index is 0.0208. The molecular weight excluding hydrogens is 530 g/mol. The number of piperidine rings is 1. The predicted molar refractivity (Wildman–Crippen MR) is 162 cm³/mol. The van der Waals surface area contributed by atoms with Crippen LogP contribution in [0.25, 0.3) is 27.7 Å². The largest absolute Gasteiger partial charge is 0.354 e. The van der Waals surface area contributed by atoms with E-state index in [0.717, 1.165) is 86.4 Å². The van der Waals surface area contributed by atoms with Gasteiger partial charge in [0.2, 0.25) is 0 Å². The fourth-order valence-corrected chi connectivity index (χ4v) is 5.83. The van der Waals surface area contributed by atoms with Crippen LogP contribution in [0.2, 0.25) is 0 Å². The van der Waals surface area contributed by atoms with E-state index in [-0.39, 0.29) is 11.8 Å². The van der Waals surface area contributed by atoms with E-state index in [1.807, 2.05) is 47.6 Å². The van der Waals surface area contributed by atoms with Gasteiger partial charge >= 0.3 is 0 Å². The molecule has 0 aliphatic carbocycles. The molecule has 11 heteroatoms. The summed E-state index contributed by atoms with van der Waals surface area (Å²) < 4.78 is 1.73. The maximum atomic E-state index is 13.3. The lowest BCUT2D eigenvalue weighted by atomic mass is 10.0. The van der Waals surface area contributed by atoms with Crippen molar-refractivity contribution in [1.82, 2.24) is 34.4 Å². The second-order valence-corrected chi connectivity index (χ2v) is 11.1. The third-order valence-corrected chi connectivity index (χ3v) is 8.33. The molecule has 7 rings (SSSR count). The summed E-state index contributed by atoms with van der Waals surface area (Å²) in [6, 6.07) is 9.61. The van der Waals surface area contributed by atoms with Crippen molar-refractivity contribution in [2.45, 2.75) is 19.3 Å². The van der Waals surface area contributed by atoms with Gasteiger partial charge in [-0.05, 0) is 62.2 Å². The van der Waals surface area contributed by atoms with E-state index in [2.05, 4.69) is 42.2 Å². The predicted octanol–water partition coefficient (Wildman–Crippen LogP) is 3.90.